The number of amides is 2. The molecule has 3 rings (SSSR count). The van der Waals surface area contributed by atoms with Gasteiger partial charge in [-0.05, 0) is 48.9 Å². The number of aromatic nitrogens is 3. The highest BCUT2D eigenvalue weighted by Crippen LogP contribution is 2.19. The van der Waals surface area contributed by atoms with E-state index in [1.165, 1.54) is 11.8 Å². The lowest BCUT2D eigenvalue weighted by molar-refractivity contribution is -0.113. The van der Waals surface area contributed by atoms with Crippen molar-refractivity contribution in [2.45, 2.75) is 31.6 Å². The fraction of sp³-hybridized carbons (Fsp3) is 0.240. The minimum atomic E-state index is -0.435. The molecule has 2 N–H and O–H groups in total. The molecule has 0 fully saturated rings. The van der Waals surface area contributed by atoms with E-state index in [9.17, 15) is 14.4 Å². The Balaban J connectivity index is 1.58. The van der Waals surface area contributed by atoms with E-state index in [1.807, 2.05) is 6.92 Å². The van der Waals surface area contributed by atoms with Crippen LogP contribution in [0.1, 0.15) is 39.9 Å². The average molecular weight is 528 g/mol. The van der Waals surface area contributed by atoms with Gasteiger partial charge in [0, 0.05) is 22.8 Å². The fourth-order valence-electron chi connectivity index (χ4n) is 3.06. The highest BCUT2D eigenvalue weighted by atomic mass is 35.5. The fourth-order valence-corrected chi connectivity index (χ4v) is 3.95. The highest BCUT2D eigenvalue weighted by Gasteiger charge is 2.15. The number of hydrogen-bond donors (Lipinski definition) is 2. The van der Waals surface area contributed by atoms with Gasteiger partial charge in [-0.2, -0.15) is 0 Å². The lowest BCUT2D eigenvalue weighted by Crippen LogP contribution is -2.24. The smallest absolute Gasteiger partial charge is 0.338 e. The molecule has 36 heavy (non-hydrogen) atoms. The molecule has 0 aliphatic rings. The molecule has 0 aliphatic heterocycles. The molecule has 11 heteroatoms. The number of allylic oxidation sites excluding steroid dienone is 1. The quantitative estimate of drug-likeness (QED) is 0.204. The van der Waals surface area contributed by atoms with E-state index in [2.05, 4.69) is 27.4 Å². The number of nitrogens with zero attached hydrogens (tertiary/aromatic N) is 3. The Labute approximate surface area is 218 Å². The Bertz CT molecular complexity index is 1230. The van der Waals surface area contributed by atoms with Crippen LogP contribution in [0, 0.1) is 0 Å². The van der Waals surface area contributed by atoms with Crippen molar-refractivity contribution in [1.82, 2.24) is 20.1 Å². The summed E-state index contributed by atoms with van der Waals surface area (Å²) >= 11 is 7.07. The molecule has 0 aliphatic carbocycles. The zero-order valence-corrected chi connectivity index (χ0v) is 21.3. The second-order valence-electron chi connectivity index (χ2n) is 7.54. The molecular formula is C25H26ClN5O4S. The maximum absolute atomic E-state index is 12.5. The van der Waals surface area contributed by atoms with Crippen LogP contribution in [0.4, 0.5) is 5.69 Å². The van der Waals surface area contributed by atoms with Gasteiger partial charge in [-0.3, -0.25) is 9.59 Å². The van der Waals surface area contributed by atoms with Crippen molar-refractivity contribution >= 4 is 46.8 Å². The summed E-state index contributed by atoms with van der Waals surface area (Å²) in [6, 6.07) is 13.1. The molecule has 0 saturated carbocycles. The van der Waals surface area contributed by atoms with Crippen LogP contribution in [0.2, 0.25) is 5.02 Å². The molecule has 0 radical (unpaired) electrons. The van der Waals surface area contributed by atoms with Crippen molar-refractivity contribution in [3.05, 3.63) is 83.2 Å². The number of ether oxygens (including phenoxy) is 1. The molecule has 1 heterocycles. The normalized spacial score (nSPS) is 10.5. The van der Waals surface area contributed by atoms with Crippen LogP contribution in [0.5, 0.6) is 0 Å². The van der Waals surface area contributed by atoms with E-state index < -0.39 is 5.97 Å². The monoisotopic (exact) mass is 527 g/mol. The Morgan fingerprint density at radius 3 is 2.64 bits per heavy atom. The van der Waals surface area contributed by atoms with Gasteiger partial charge in [0.15, 0.2) is 11.0 Å². The van der Waals surface area contributed by atoms with E-state index in [-0.39, 0.29) is 24.1 Å². The summed E-state index contributed by atoms with van der Waals surface area (Å²) in [5.74, 6) is -0.385. The van der Waals surface area contributed by atoms with Crippen LogP contribution in [-0.2, 0) is 22.6 Å². The summed E-state index contributed by atoms with van der Waals surface area (Å²) in [6.45, 7) is 6.57. The van der Waals surface area contributed by atoms with Gasteiger partial charge in [0.2, 0.25) is 5.91 Å². The number of thioether (sulfide) groups is 1. The van der Waals surface area contributed by atoms with E-state index in [0.717, 1.165) is 6.42 Å². The average Bonchev–Trinajstić information content (AvgIpc) is 3.26. The van der Waals surface area contributed by atoms with E-state index in [1.54, 1.807) is 59.2 Å². The molecule has 188 valence electrons. The van der Waals surface area contributed by atoms with E-state index >= 15 is 0 Å². The van der Waals surface area contributed by atoms with Crippen LogP contribution in [0.15, 0.2) is 66.3 Å². The van der Waals surface area contributed by atoms with Gasteiger partial charge < -0.3 is 19.9 Å². The lowest BCUT2D eigenvalue weighted by atomic mass is 10.2. The van der Waals surface area contributed by atoms with Gasteiger partial charge in [-0.15, -0.1) is 16.8 Å². The molecule has 3 aromatic rings. The third-order valence-corrected chi connectivity index (χ3v) is 5.99. The number of carbonyl (C=O) groups excluding carboxylic acids is 3. The van der Waals surface area contributed by atoms with Gasteiger partial charge >= 0.3 is 5.97 Å². The summed E-state index contributed by atoms with van der Waals surface area (Å²) in [5, 5.41) is 15.0. The highest BCUT2D eigenvalue weighted by molar-refractivity contribution is 7.99. The number of nitrogens with one attached hydrogen (secondary N) is 2. The molecular weight excluding hydrogens is 502 g/mol. The van der Waals surface area contributed by atoms with Crippen molar-refractivity contribution < 1.29 is 19.1 Å². The van der Waals surface area contributed by atoms with Gasteiger partial charge in [0.05, 0.1) is 24.5 Å². The molecule has 0 saturated heterocycles. The zero-order chi connectivity index (χ0) is 25.9. The molecule has 2 aromatic carbocycles. The first-order chi connectivity index (χ1) is 17.4. The summed E-state index contributed by atoms with van der Waals surface area (Å²) < 4.78 is 6.91. The second-order valence-corrected chi connectivity index (χ2v) is 8.92. The summed E-state index contributed by atoms with van der Waals surface area (Å²) in [6.07, 6.45) is 2.41. The van der Waals surface area contributed by atoms with E-state index in [0.29, 0.717) is 46.0 Å². The minimum absolute atomic E-state index is 0.0664. The summed E-state index contributed by atoms with van der Waals surface area (Å²) in [4.78, 5) is 37.0. The van der Waals surface area contributed by atoms with Gasteiger partial charge in [-0.1, -0.05) is 42.4 Å². The van der Waals surface area contributed by atoms with Crippen LogP contribution in [0.25, 0.3) is 0 Å². The minimum Gasteiger partial charge on any atom is -0.462 e. The topological polar surface area (TPSA) is 115 Å². The zero-order valence-electron chi connectivity index (χ0n) is 19.7. The van der Waals surface area contributed by atoms with E-state index in [4.69, 9.17) is 16.3 Å². The Morgan fingerprint density at radius 1 is 1.14 bits per heavy atom. The molecule has 0 bridgehead atoms. The number of halogens is 1. The van der Waals surface area contributed by atoms with Crippen LogP contribution < -0.4 is 10.6 Å². The van der Waals surface area contributed by atoms with Gasteiger partial charge in [-0.25, -0.2) is 4.79 Å². The van der Waals surface area contributed by atoms with Crippen molar-refractivity contribution in [1.29, 1.82) is 0 Å². The first-order valence-corrected chi connectivity index (χ1v) is 12.5. The summed E-state index contributed by atoms with van der Waals surface area (Å²) in [5.41, 5.74) is 1.33. The predicted octanol–water partition coefficient (Wildman–Crippen LogP) is 4.35. The number of esters is 1. The predicted molar refractivity (Wildman–Crippen MR) is 139 cm³/mol. The number of carbonyl (C=O) groups is 3. The summed E-state index contributed by atoms with van der Waals surface area (Å²) in [7, 11) is 0. The first-order valence-electron chi connectivity index (χ1n) is 11.2. The molecule has 1 aromatic heterocycles. The van der Waals surface area contributed by atoms with Crippen molar-refractivity contribution in [2.75, 3.05) is 17.7 Å². The standard InChI is InChI=1S/C25H26ClN5O4S/c1-3-12-31-21(15-27-23(33)17-8-10-19(26)11-9-17)29-30-25(31)36-16-22(32)28-20-7-5-6-18(14-20)24(34)35-13-4-2/h3,5-11,14H,1,4,12-13,15-16H2,2H3,(H,27,33)(H,28,32). The Kier molecular flexibility index (Phi) is 10.1. The van der Waals surface area contributed by atoms with Crippen LogP contribution in [-0.4, -0.2) is 44.9 Å². The van der Waals surface area contributed by atoms with Gasteiger partial charge in [0.1, 0.15) is 0 Å². The maximum Gasteiger partial charge on any atom is 0.338 e. The second kappa shape index (κ2) is 13.5. The number of rotatable bonds is 12. The molecule has 0 atom stereocenters. The molecule has 9 nitrogen and oxygen atoms in total. The number of hydrogen-bond acceptors (Lipinski definition) is 7. The first kappa shape index (κ1) is 27.0. The third kappa shape index (κ3) is 7.69. The molecule has 0 unspecified atom stereocenters. The number of benzene rings is 2. The maximum atomic E-state index is 12.5. The SMILES string of the molecule is C=CCn1c(CNC(=O)c2ccc(Cl)cc2)nnc1SCC(=O)Nc1cccc(C(=O)OCCC)c1. The lowest BCUT2D eigenvalue weighted by Gasteiger charge is -2.10. The van der Waals surface area contributed by atoms with Gasteiger partial charge in [0.25, 0.3) is 5.91 Å². The van der Waals surface area contributed by atoms with Crippen molar-refractivity contribution in [3.63, 3.8) is 0 Å². The van der Waals surface area contributed by atoms with Crippen molar-refractivity contribution in [2.24, 2.45) is 0 Å². The third-order valence-electron chi connectivity index (χ3n) is 4.77. The molecule has 2 amide bonds. The van der Waals surface area contributed by atoms with Crippen LogP contribution >= 0.6 is 23.4 Å². The Hall–Kier alpha value is -3.63. The van der Waals surface area contributed by atoms with Crippen LogP contribution in [0.3, 0.4) is 0 Å². The Morgan fingerprint density at radius 2 is 1.92 bits per heavy atom. The number of anilines is 1. The largest absolute Gasteiger partial charge is 0.462 e. The molecule has 0 spiro atoms. The van der Waals surface area contributed by atoms with Crippen molar-refractivity contribution in [3.8, 4) is 0 Å².